The van der Waals surface area contributed by atoms with Crippen LogP contribution in [0.1, 0.15) is 41.3 Å². The summed E-state index contributed by atoms with van der Waals surface area (Å²) in [5.41, 5.74) is 1.97. The third-order valence-electron chi connectivity index (χ3n) is 6.37. The van der Waals surface area contributed by atoms with Crippen LogP contribution in [0.15, 0.2) is 29.3 Å². The molecule has 1 saturated heterocycles. The van der Waals surface area contributed by atoms with Gasteiger partial charge in [-0.1, -0.05) is 0 Å². The summed E-state index contributed by atoms with van der Waals surface area (Å²) in [4.78, 5) is 34.8. The highest BCUT2D eigenvalue weighted by Crippen LogP contribution is 2.39. The Balaban J connectivity index is 1.44. The summed E-state index contributed by atoms with van der Waals surface area (Å²) >= 11 is 1.61. The number of thiophene rings is 1. The van der Waals surface area contributed by atoms with Crippen molar-refractivity contribution >= 4 is 27.5 Å². The Labute approximate surface area is 184 Å². The number of methoxy groups -OCH3 is 2. The van der Waals surface area contributed by atoms with E-state index in [0.717, 1.165) is 59.6 Å². The molecule has 0 bridgehead atoms. The van der Waals surface area contributed by atoms with Crippen molar-refractivity contribution in [2.45, 2.75) is 44.7 Å². The first-order chi connectivity index (χ1) is 15.1. The van der Waals surface area contributed by atoms with E-state index in [1.54, 1.807) is 25.6 Å². The predicted molar refractivity (Wildman–Crippen MR) is 119 cm³/mol. The average molecular weight is 440 g/mol. The average Bonchev–Trinajstić information content (AvgIpc) is 3.51. The molecule has 8 heteroatoms. The molecule has 3 heterocycles. The Morgan fingerprint density at radius 1 is 1.23 bits per heavy atom. The highest BCUT2D eigenvalue weighted by atomic mass is 32.1. The predicted octanol–water partition coefficient (Wildman–Crippen LogP) is 3.33. The fourth-order valence-corrected chi connectivity index (χ4v) is 6.08. The molecule has 7 nitrogen and oxygen atoms in total. The second kappa shape index (κ2) is 8.00. The summed E-state index contributed by atoms with van der Waals surface area (Å²) < 4.78 is 12.4. The lowest BCUT2D eigenvalue weighted by atomic mass is 10.0. The number of carbonyl (C=O) groups is 1. The normalized spacial score (nSPS) is 17.9. The zero-order valence-electron chi connectivity index (χ0n) is 17.7. The van der Waals surface area contributed by atoms with Gasteiger partial charge in [0.2, 0.25) is 5.91 Å². The standard InChI is InChI=1S/C23H25N3O4S/c1-29-14-8-9-18(30-2)16(11-14)17-6-4-10-26(17)20(27)12-25-13-24-22-21(23(25)28)15-5-3-7-19(15)31-22/h8-9,11,13,17H,3-7,10,12H2,1-2H3. The second-order valence-electron chi connectivity index (χ2n) is 8.07. The number of benzene rings is 1. The van der Waals surface area contributed by atoms with Crippen LogP contribution in [0, 0.1) is 0 Å². The molecule has 1 unspecified atom stereocenters. The van der Waals surface area contributed by atoms with Crippen LogP contribution in [0.4, 0.5) is 0 Å². The van der Waals surface area contributed by atoms with Crippen LogP contribution >= 0.6 is 11.3 Å². The van der Waals surface area contributed by atoms with Gasteiger partial charge >= 0.3 is 0 Å². The van der Waals surface area contributed by atoms with E-state index >= 15 is 0 Å². The molecule has 2 aromatic heterocycles. The summed E-state index contributed by atoms with van der Waals surface area (Å²) in [6, 6.07) is 5.55. The van der Waals surface area contributed by atoms with Crippen molar-refractivity contribution in [1.29, 1.82) is 0 Å². The van der Waals surface area contributed by atoms with E-state index in [0.29, 0.717) is 11.9 Å². The number of fused-ring (bicyclic) bond motifs is 3. The molecular formula is C23H25N3O4S. The first kappa shape index (κ1) is 20.1. The van der Waals surface area contributed by atoms with Crippen molar-refractivity contribution in [3.8, 4) is 11.5 Å². The molecule has 1 fully saturated rings. The Hall–Kier alpha value is -2.87. The van der Waals surface area contributed by atoms with E-state index in [-0.39, 0.29) is 24.1 Å². The zero-order chi connectivity index (χ0) is 21.5. The SMILES string of the molecule is COc1ccc(OC)c(C2CCCN2C(=O)Cn2cnc3sc4c(c3c2=O)CCC4)c1. The maximum Gasteiger partial charge on any atom is 0.262 e. The van der Waals surface area contributed by atoms with Crippen molar-refractivity contribution in [3.05, 3.63) is 50.9 Å². The molecule has 1 aromatic carbocycles. The first-order valence-corrected chi connectivity index (χ1v) is 11.4. The molecular weight excluding hydrogens is 414 g/mol. The van der Waals surface area contributed by atoms with Crippen LogP contribution in [0.25, 0.3) is 10.2 Å². The number of hydrogen-bond acceptors (Lipinski definition) is 6. The Kier molecular flexibility index (Phi) is 5.17. The number of aromatic nitrogens is 2. The lowest BCUT2D eigenvalue weighted by Crippen LogP contribution is -2.36. The number of rotatable bonds is 5. The fraction of sp³-hybridized carbons (Fsp3) is 0.435. The summed E-state index contributed by atoms with van der Waals surface area (Å²) in [6.07, 6.45) is 6.30. The summed E-state index contributed by atoms with van der Waals surface area (Å²) in [5.74, 6) is 1.38. The van der Waals surface area contributed by atoms with Gasteiger partial charge in [0.15, 0.2) is 0 Å². The van der Waals surface area contributed by atoms with Crippen LogP contribution in [-0.4, -0.2) is 41.1 Å². The van der Waals surface area contributed by atoms with Crippen LogP contribution in [0.5, 0.6) is 11.5 Å². The van der Waals surface area contributed by atoms with Crippen LogP contribution < -0.4 is 15.0 Å². The Morgan fingerprint density at radius 3 is 2.90 bits per heavy atom. The third kappa shape index (κ3) is 3.39. The van der Waals surface area contributed by atoms with E-state index in [1.807, 2.05) is 23.1 Å². The minimum absolute atomic E-state index is 0.00478. The molecule has 0 radical (unpaired) electrons. The monoisotopic (exact) mass is 439 g/mol. The van der Waals surface area contributed by atoms with Gasteiger partial charge in [0.1, 0.15) is 22.9 Å². The number of ether oxygens (including phenoxy) is 2. The molecule has 5 rings (SSSR count). The summed E-state index contributed by atoms with van der Waals surface area (Å²) in [5, 5.41) is 0.709. The molecule has 0 N–H and O–H groups in total. The lowest BCUT2D eigenvalue weighted by molar-refractivity contribution is -0.132. The molecule has 1 aliphatic heterocycles. The van der Waals surface area contributed by atoms with E-state index in [1.165, 1.54) is 15.8 Å². The van der Waals surface area contributed by atoms with Gasteiger partial charge < -0.3 is 14.4 Å². The molecule has 3 aromatic rings. The van der Waals surface area contributed by atoms with Crippen LogP contribution in [-0.2, 0) is 24.2 Å². The van der Waals surface area contributed by atoms with Gasteiger partial charge in [-0.05, 0) is 55.9 Å². The molecule has 1 atom stereocenters. The molecule has 1 amide bonds. The number of aryl methyl sites for hydroxylation is 2. The van der Waals surface area contributed by atoms with Gasteiger partial charge in [-0.25, -0.2) is 4.98 Å². The smallest absolute Gasteiger partial charge is 0.262 e. The highest BCUT2D eigenvalue weighted by molar-refractivity contribution is 7.18. The summed E-state index contributed by atoms with van der Waals surface area (Å²) in [6.45, 7) is 0.650. The first-order valence-electron chi connectivity index (χ1n) is 10.6. The van der Waals surface area contributed by atoms with Gasteiger partial charge in [-0.2, -0.15) is 0 Å². The molecule has 162 valence electrons. The summed E-state index contributed by atoms with van der Waals surface area (Å²) in [7, 11) is 3.26. The number of amides is 1. The maximum absolute atomic E-state index is 13.3. The van der Waals surface area contributed by atoms with Gasteiger partial charge in [0.05, 0.1) is 32.0 Å². The van der Waals surface area contributed by atoms with E-state index in [4.69, 9.17) is 9.47 Å². The van der Waals surface area contributed by atoms with Crippen LogP contribution in [0.2, 0.25) is 0 Å². The Bertz CT molecular complexity index is 1220. The van der Waals surface area contributed by atoms with Crippen molar-refractivity contribution in [2.24, 2.45) is 0 Å². The van der Waals surface area contributed by atoms with Crippen molar-refractivity contribution in [1.82, 2.24) is 14.5 Å². The van der Waals surface area contributed by atoms with Crippen molar-refractivity contribution in [2.75, 3.05) is 20.8 Å². The number of likely N-dealkylation sites (tertiary alicyclic amines) is 1. The largest absolute Gasteiger partial charge is 0.497 e. The van der Waals surface area contributed by atoms with Gasteiger partial charge in [0.25, 0.3) is 5.56 Å². The molecule has 1 aliphatic carbocycles. The quantitative estimate of drug-likeness (QED) is 0.610. The van der Waals surface area contributed by atoms with E-state index in [9.17, 15) is 9.59 Å². The molecule has 0 spiro atoms. The van der Waals surface area contributed by atoms with E-state index < -0.39 is 0 Å². The topological polar surface area (TPSA) is 73.7 Å². The number of hydrogen-bond donors (Lipinski definition) is 0. The number of carbonyl (C=O) groups excluding carboxylic acids is 1. The maximum atomic E-state index is 13.3. The minimum atomic E-state index is -0.104. The molecule has 31 heavy (non-hydrogen) atoms. The fourth-order valence-electron chi connectivity index (χ4n) is 4.86. The Morgan fingerprint density at radius 2 is 2.10 bits per heavy atom. The molecule has 2 aliphatic rings. The number of nitrogens with zero attached hydrogens (tertiary/aromatic N) is 3. The van der Waals surface area contributed by atoms with E-state index in [2.05, 4.69) is 4.98 Å². The third-order valence-corrected chi connectivity index (χ3v) is 7.57. The van der Waals surface area contributed by atoms with Gasteiger partial charge in [0, 0.05) is 17.0 Å². The minimum Gasteiger partial charge on any atom is -0.497 e. The lowest BCUT2D eigenvalue weighted by Gasteiger charge is -2.27. The van der Waals surface area contributed by atoms with Gasteiger partial charge in [-0.3, -0.25) is 14.2 Å². The highest BCUT2D eigenvalue weighted by Gasteiger charge is 2.32. The van der Waals surface area contributed by atoms with Crippen LogP contribution in [0.3, 0.4) is 0 Å². The molecule has 0 saturated carbocycles. The van der Waals surface area contributed by atoms with Crippen molar-refractivity contribution in [3.63, 3.8) is 0 Å². The van der Waals surface area contributed by atoms with Crippen molar-refractivity contribution < 1.29 is 14.3 Å². The zero-order valence-corrected chi connectivity index (χ0v) is 18.5. The second-order valence-corrected chi connectivity index (χ2v) is 9.15. The van der Waals surface area contributed by atoms with Gasteiger partial charge in [-0.15, -0.1) is 11.3 Å².